The molecule has 2 rings (SSSR count). The van der Waals surface area contributed by atoms with Crippen LogP contribution in [0.15, 0.2) is 12.1 Å². The molecule has 0 aliphatic heterocycles. The summed E-state index contributed by atoms with van der Waals surface area (Å²) in [7, 11) is 0. The van der Waals surface area contributed by atoms with E-state index in [2.05, 4.69) is 4.98 Å². The Balaban J connectivity index is 2.11. The number of nitrogens with zero attached hydrogens (tertiary/aromatic N) is 1. The van der Waals surface area contributed by atoms with Crippen LogP contribution in [0.25, 0.3) is 0 Å². The predicted molar refractivity (Wildman–Crippen MR) is 63.4 cm³/mol. The quantitative estimate of drug-likeness (QED) is 0.875. The first-order valence-corrected chi connectivity index (χ1v) is 6.04. The molecule has 1 aliphatic carbocycles. The summed E-state index contributed by atoms with van der Waals surface area (Å²) < 4.78 is 5.75. The maximum atomic E-state index is 10.9. The first-order valence-electron chi connectivity index (χ1n) is 6.04. The maximum absolute atomic E-state index is 10.9. The highest BCUT2D eigenvalue weighted by molar-refractivity contribution is 5.87. The summed E-state index contributed by atoms with van der Waals surface area (Å²) in [6.07, 6.45) is 5.90. The van der Waals surface area contributed by atoms with Crippen LogP contribution in [0.3, 0.4) is 0 Å². The molecule has 0 saturated heterocycles. The van der Waals surface area contributed by atoms with E-state index >= 15 is 0 Å². The van der Waals surface area contributed by atoms with Gasteiger partial charge in [-0.15, -0.1) is 0 Å². The standard InChI is InChI=1S/C13H17NO3/c1-9-7-10(13(15)16)8-12(14-9)17-11-5-3-2-4-6-11/h7-8,11H,2-6H2,1H3,(H,15,16). The van der Waals surface area contributed by atoms with Crippen molar-refractivity contribution in [1.29, 1.82) is 0 Å². The third-order valence-electron chi connectivity index (χ3n) is 3.02. The number of aromatic carboxylic acids is 1. The fourth-order valence-electron chi connectivity index (χ4n) is 2.18. The Morgan fingerprint density at radius 2 is 2.06 bits per heavy atom. The van der Waals surface area contributed by atoms with E-state index < -0.39 is 5.97 Å². The first kappa shape index (κ1) is 11.9. The molecule has 4 heteroatoms. The summed E-state index contributed by atoms with van der Waals surface area (Å²) in [4.78, 5) is 15.1. The lowest BCUT2D eigenvalue weighted by Gasteiger charge is -2.22. The van der Waals surface area contributed by atoms with E-state index in [1.165, 1.54) is 25.3 Å². The Labute approximate surface area is 101 Å². The third-order valence-corrected chi connectivity index (χ3v) is 3.02. The molecule has 1 N–H and O–H groups in total. The fourth-order valence-corrected chi connectivity index (χ4v) is 2.18. The molecule has 0 unspecified atom stereocenters. The van der Waals surface area contributed by atoms with E-state index in [4.69, 9.17) is 9.84 Å². The molecule has 0 spiro atoms. The molecule has 4 nitrogen and oxygen atoms in total. The Bertz CT molecular complexity index is 411. The highest BCUT2D eigenvalue weighted by atomic mass is 16.5. The van der Waals surface area contributed by atoms with E-state index in [1.54, 1.807) is 13.0 Å². The van der Waals surface area contributed by atoms with Crippen molar-refractivity contribution in [3.8, 4) is 5.88 Å². The van der Waals surface area contributed by atoms with Crippen molar-refractivity contribution in [2.75, 3.05) is 0 Å². The Morgan fingerprint density at radius 1 is 1.35 bits per heavy atom. The molecule has 0 atom stereocenters. The monoisotopic (exact) mass is 235 g/mol. The minimum absolute atomic E-state index is 0.194. The molecule has 0 bridgehead atoms. The predicted octanol–water partition coefficient (Wildman–Crippen LogP) is 2.80. The van der Waals surface area contributed by atoms with Crippen LogP contribution >= 0.6 is 0 Å². The number of carboxylic acids is 1. The fraction of sp³-hybridized carbons (Fsp3) is 0.538. The highest BCUT2D eigenvalue weighted by Gasteiger charge is 2.16. The van der Waals surface area contributed by atoms with Crippen molar-refractivity contribution in [3.63, 3.8) is 0 Å². The van der Waals surface area contributed by atoms with Gasteiger partial charge >= 0.3 is 5.97 Å². The van der Waals surface area contributed by atoms with Crippen molar-refractivity contribution >= 4 is 5.97 Å². The van der Waals surface area contributed by atoms with Crippen LogP contribution in [-0.4, -0.2) is 22.2 Å². The zero-order valence-electron chi connectivity index (χ0n) is 9.98. The summed E-state index contributed by atoms with van der Waals surface area (Å²) >= 11 is 0. The lowest BCUT2D eigenvalue weighted by Crippen LogP contribution is -2.20. The summed E-state index contributed by atoms with van der Waals surface area (Å²) in [6.45, 7) is 1.78. The molecule has 92 valence electrons. The number of pyridine rings is 1. The highest BCUT2D eigenvalue weighted by Crippen LogP contribution is 2.23. The summed E-state index contributed by atoms with van der Waals surface area (Å²) in [5.74, 6) is -0.502. The van der Waals surface area contributed by atoms with E-state index in [1.807, 2.05) is 0 Å². The molecule has 1 aliphatic rings. The molecule has 0 amide bonds. The third kappa shape index (κ3) is 3.19. The molecule has 0 aromatic carbocycles. The second kappa shape index (κ2) is 5.17. The summed E-state index contributed by atoms with van der Waals surface area (Å²) in [6, 6.07) is 3.06. The molecule has 1 saturated carbocycles. The van der Waals surface area contributed by atoms with Crippen LogP contribution in [-0.2, 0) is 0 Å². The normalized spacial score (nSPS) is 16.8. The van der Waals surface area contributed by atoms with Crippen molar-refractivity contribution in [2.24, 2.45) is 0 Å². The minimum Gasteiger partial charge on any atom is -0.478 e. The number of hydrogen-bond acceptors (Lipinski definition) is 3. The van der Waals surface area contributed by atoms with Gasteiger partial charge in [0.25, 0.3) is 0 Å². The number of aromatic nitrogens is 1. The molecule has 1 aromatic rings. The minimum atomic E-state index is -0.941. The second-order valence-corrected chi connectivity index (χ2v) is 4.52. The van der Waals surface area contributed by atoms with Crippen molar-refractivity contribution in [3.05, 3.63) is 23.4 Å². The largest absolute Gasteiger partial charge is 0.478 e. The van der Waals surface area contributed by atoms with E-state index in [9.17, 15) is 4.79 Å². The van der Waals surface area contributed by atoms with Crippen molar-refractivity contribution in [1.82, 2.24) is 4.98 Å². The van der Waals surface area contributed by atoms with Crippen molar-refractivity contribution in [2.45, 2.75) is 45.1 Å². The van der Waals surface area contributed by atoms with Crippen LogP contribution in [0.4, 0.5) is 0 Å². The first-order chi connectivity index (χ1) is 8.15. The van der Waals surface area contributed by atoms with Crippen LogP contribution < -0.4 is 4.74 Å². The van der Waals surface area contributed by atoms with E-state index in [0.717, 1.165) is 12.8 Å². The molecule has 1 aromatic heterocycles. The van der Waals surface area contributed by atoms with Gasteiger partial charge in [-0.05, 0) is 38.7 Å². The van der Waals surface area contributed by atoms with Gasteiger partial charge in [0.05, 0.1) is 5.56 Å². The van der Waals surface area contributed by atoms with Gasteiger partial charge in [-0.2, -0.15) is 0 Å². The average molecular weight is 235 g/mol. The van der Waals surface area contributed by atoms with Crippen molar-refractivity contribution < 1.29 is 14.6 Å². The SMILES string of the molecule is Cc1cc(C(=O)O)cc(OC2CCCCC2)n1. The molecule has 1 fully saturated rings. The van der Waals surface area contributed by atoms with Gasteiger partial charge in [-0.3, -0.25) is 0 Å². The lowest BCUT2D eigenvalue weighted by atomic mass is 9.98. The molecule has 0 radical (unpaired) electrons. The maximum Gasteiger partial charge on any atom is 0.335 e. The average Bonchev–Trinajstić information content (AvgIpc) is 2.29. The number of carbonyl (C=O) groups is 1. The molecular formula is C13H17NO3. The van der Waals surface area contributed by atoms with Gasteiger partial charge < -0.3 is 9.84 Å². The number of ether oxygens (including phenoxy) is 1. The van der Waals surface area contributed by atoms with E-state index in [0.29, 0.717) is 11.6 Å². The van der Waals surface area contributed by atoms with Gasteiger partial charge in [0.2, 0.25) is 5.88 Å². The molecule has 1 heterocycles. The Kier molecular flexibility index (Phi) is 3.61. The van der Waals surface area contributed by atoms with Gasteiger partial charge in [0, 0.05) is 11.8 Å². The van der Waals surface area contributed by atoms with Crippen LogP contribution in [0.2, 0.25) is 0 Å². The summed E-state index contributed by atoms with van der Waals surface area (Å²) in [5.41, 5.74) is 0.916. The Hall–Kier alpha value is -1.58. The van der Waals surface area contributed by atoms with E-state index in [-0.39, 0.29) is 11.7 Å². The number of aryl methyl sites for hydroxylation is 1. The van der Waals surface area contributed by atoms with Gasteiger partial charge in [-0.1, -0.05) is 6.42 Å². The van der Waals surface area contributed by atoms with Gasteiger partial charge in [0.15, 0.2) is 0 Å². The number of carboxylic acid groups (broad SMARTS) is 1. The van der Waals surface area contributed by atoms with Crippen LogP contribution in [0.1, 0.15) is 48.2 Å². The topological polar surface area (TPSA) is 59.4 Å². The zero-order valence-corrected chi connectivity index (χ0v) is 9.98. The van der Waals surface area contributed by atoms with Gasteiger partial charge in [-0.25, -0.2) is 9.78 Å². The smallest absolute Gasteiger partial charge is 0.335 e. The second-order valence-electron chi connectivity index (χ2n) is 4.52. The van der Waals surface area contributed by atoms with Crippen LogP contribution in [0.5, 0.6) is 5.88 Å². The number of rotatable bonds is 3. The Morgan fingerprint density at radius 3 is 2.71 bits per heavy atom. The van der Waals surface area contributed by atoms with Crippen LogP contribution in [0, 0.1) is 6.92 Å². The van der Waals surface area contributed by atoms with Gasteiger partial charge in [0.1, 0.15) is 6.10 Å². The lowest BCUT2D eigenvalue weighted by molar-refractivity contribution is 0.0695. The zero-order chi connectivity index (χ0) is 12.3. The summed E-state index contributed by atoms with van der Waals surface area (Å²) in [5, 5.41) is 8.96. The number of hydrogen-bond donors (Lipinski definition) is 1. The molecule has 17 heavy (non-hydrogen) atoms. The molecular weight excluding hydrogens is 218 g/mol.